The maximum absolute atomic E-state index is 5.93. The lowest BCUT2D eigenvalue weighted by atomic mass is 10.2. The first-order chi connectivity index (χ1) is 15.6. The van der Waals surface area contributed by atoms with Gasteiger partial charge in [0, 0.05) is 20.4 Å². The van der Waals surface area contributed by atoms with Gasteiger partial charge in [0.1, 0.15) is 6.61 Å². The summed E-state index contributed by atoms with van der Waals surface area (Å²) in [7, 11) is 1.61. The first kappa shape index (κ1) is 22.3. The second kappa shape index (κ2) is 10.6. The molecule has 1 aromatic heterocycles. The van der Waals surface area contributed by atoms with Gasteiger partial charge in [0.2, 0.25) is 5.13 Å². The molecule has 0 unspecified atom stereocenters. The first-order valence-electron chi connectivity index (χ1n) is 9.66. The molecule has 0 fully saturated rings. The van der Waals surface area contributed by atoms with Crippen LogP contribution in [-0.4, -0.2) is 18.3 Å². The van der Waals surface area contributed by atoms with Crippen molar-refractivity contribution in [3.05, 3.63) is 92.7 Å². The van der Waals surface area contributed by atoms with Crippen LogP contribution in [0, 0.1) is 0 Å². The number of nitrogens with one attached hydrogen (secondary N) is 1. The maximum Gasteiger partial charge on any atom is 0.203 e. The van der Waals surface area contributed by atoms with Gasteiger partial charge >= 0.3 is 0 Å². The third-order valence-electron chi connectivity index (χ3n) is 4.51. The van der Waals surface area contributed by atoms with Gasteiger partial charge in [0.25, 0.3) is 0 Å². The smallest absolute Gasteiger partial charge is 0.203 e. The van der Waals surface area contributed by atoms with Crippen LogP contribution < -0.4 is 14.9 Å². The second-order valence-corrected chi connectivity index (χ2v) is 8.95. The number of benzene rings is 3. The Balaban J connectivity index is 1.37. The Bertz CT molecular complexity index is 1210. The summed E-state index contributed by atoms with van der Waals surface area (Å²) in [5, 5.41) is 7.71. The lowest BCUT2D eigenvalue weighted by Gasteiger charge is -2.11. The van der Waals surface area contributed by atoms with E-state index >= 15 is 0 Å². The highest BCUT2D eigenvalue weighted by Gasteiger charge is 2.07. The van der Waals surface area contributed by atoms with E-state index in [0.29, 0.717) is 28.3 Å². The minimum absolute atomic E-state index is 0.424. The number of halogens is 2. The van der Waals surface area contributed by atoms with E-state index in [1.165, 1.54) is 11.3 Å². The van der Waals surface area contributed by atoms with Gasteiger partial charge in [-0.25, -0.2) is 4.98 Å². The number of thiazole rings is 1. The number of aromatic nitrogens is 1. The molecule has 0 radical (unpaired) electrons. The second-order valence-electron chi connectivity index (χ2n) is 6.74. The van der Waals surface area contributed by atoms with Gasteiger partial charge in [0.05, 0.1) is 19.0 Å². The van der Waals surface area contributed by atoms with E-state index < -0.39 is 0 Å². The molecule has 0 saturated carbocycles. The Kier molecular flexibility index (Phi) is 7.42. The Hall–Kier alpha value is -2.87. The number of ether oxygens (including phenoxy) is 2. The zero-order chi connectivity index (χ0) is 22.3. The fourth-order valence-corrected chi connectivity index (χ4v) is 3.92. The van der Waals surface area contributed by atoms with Crippen molar-refractivity contribution >= 4 is 50.2 Å². The van der Waals surface area contributed by atoms with E-state index in [2.05, 4.69) is 31.4 Å². The summed E-state index contributed by atoms with van der Waals surface area (Å²) in [6.45, 7) is 0.424. The predicted octanol–water partition coefficient (Wildman–Crippen LogP) is 7.26. The van der Waals surface area contributed by atoms with Crippen LogP contribution in [0.25, 0.3) is 11.3 Å². The highest BCUT2D eigenvalue weighted by Crippen LogP contribution is 2.29. The SMILES string of the molecule is COc1cc(/C=N/Nc2nc(-c3ccc(Br)cc3)cs2)ccc1OCc1ccc(Cl)cc1. The maximum atomic E-state index is 5.93. The van der Waals surface area contributed by atoms with E-state index in [9.17, 15) is 0 Å². The molecule has 0 spiro atoms. The molecule has 0 atom stereocenters. The largest absolute Gasteiger partial charge is 0.493 e. The molecule has 0 amide bonds. The fraction of sp³-hybridized carbons (Fsp3) is 0.0833. The monoisotopic (exact) mass is 527 g/mol. The molecule has 4 rings (SSSR count). The highest BCUT2D eigenvalue weighted by molar-refractivity contribution is 9.10. The van der Waals surface area contributed by atoms with E-state index in [1.807, 2.05) is 72.1 Å². The zero-order valence-electron chi connectivity index (χ0n) is 17.1. The van der Waals surface area contributed by atoms with Crippen LogP contribution in [0.3, 0.4) is 0 Å². The Morgan fingerprint density at radius 2 is 1.84 bits per heavy atom. The predicted molar refractivity (Wildman–Crippen MR) is 135 cm³/mol. The van der Waals surface area contributed by atoms with Crippen LogP contribution in [0.2, 0.25) is 5.02 Å². The van der Waals surface area contributed by atoms with Crippen molar-refractivity contribution in [3.8, 4) is 22.8 Å². The van der Waals surface area contributed by atoms with Gasteiger partial charge in [0.15, 0.2) is 11.5 Å². The summed E-state index contributed by atoms with van der Waals surface area (Å²) in [5.74, 6) is 1.29. The van der Waals surface area contributed by atoms with Crippen molar-refractivity contribution in [1.29, 1.82) is 0 Å². The molecule has 8 heteroatoms. The standard InChI is InChI=1S/C24H19BrClN3O2S/c1-30-23-12-17(4-11-22(23)31-14-16-2-9-20(26)10-3-16)13-27-29-24-28-21(15-32-24)18-5-7-19(25)8-6-18/h2-13,15H,14H2,1H3,(H,28,29)/b27-13+. The van der Waals surface area contributed by atoms with E-state index in [0.717, 1.165) is 26.9 Å². The fourth-order valence-electron chi connectivity index (χ4n) is 2.87. The molecular weight excluding hydrogens is 510 g/mol. The lowest BCUT2D eigenvalue weighted by molar-refractivity contribution is 0.284. The number of hydrazone groups is 1. The van der Waals surface area contributed by atoms with Gasteiger partial charge in [-0.2, -0.15) is 5.10 Å². The molecule has 3 aromatic carbocycles. The van der Waals surface area contributed by atoms with Crippen molar-refractivity contribution < 1.29 is 9.47 Å². The molecule has 4 aromatic rings. The summed E-state index contributed by atoms with van der Waals surface area (Å²) in [6.07, 6.45) is 1.71. The Morgan fingerprint density at radius 1 is 1.06 bits per heavy atom. The van der Waals surface area contributed by atoms with Crippen molar-refractivity contribution in [2.24, 2.45) is 5.10 Å². The van der Waals surface area contributed by atoms with Gasteiger partial charge < -0.3 is 9.47 Å². The summed E-state index contributed by atoms with van der Waals surface area (Å²) in [6, 6.07) is 21.2. The van der Waals surface area contributed by atoms with E-state index in [1.54, 1.807) is 13.3 Å². The number of nitrogens with zero attached hydrogens (tertiary/aromatic N) is 2. The van der Waals surface area contributed by atoms with Gasteiger partial charge in [-0.05, 0) is 53.6 Å². The Morgan fingerprint density at radius 3 is 2.59 bits per heavy atom. The van der Waals surface area contributed by atoms with E-state index in [-0.39, 0.29) is 0 Å². The lowest BCUT2D eigenvalue weighted by Crippen LogP contribution is -1.98. The molecular formula is C24H19BrClN3O2S. The molecule has 0 bridgehead atoms. The van der Waals surface area contributed by atoms with Crippen molar-refractivity contribution in [2.45, 2.75) is 6.61 Å². The molecule has 1 heterocycles. The average Bonchev–Trinajstić information content (AvgIpc) is 3.28. The summed E-state index contributed by atoms with van der Waals surface area (Å²) in [4.78, 5) is 4.57. The quantitative estimate of drug-likeness (QED) is 0.193. The van der Waals surface area contributed by atoms with Crippen LogP contribution in [0.15, 0.2) is 81.7 Å². The number of hydrogen-bond acceptors (Lipinski definition) is 6. The van der Waals surface area contributed by atoms with Crippen LogP contribution in [0.4, 0.5) is 5.13 Å². The van der Waals surface area contributed by atoms with Gasteiger partial charge in [-0.15, -0.1) is 11.3 Å². The van der Waals surface area contributed by atoms with Gasteiger partial charge in [-0.3, -0.25) is 5.43 Å². The molecule has 5 nitrogen and oxygen atoms in total. The molecule has 0 aliphatic heterocycles. The van der Waals surface area contributed by atoms with Crippen LogP contribution in [-0.2, 0) is 6.61 Å². The number of methoxy groups -OCH3 is 1. The third kappa shape index (κ3) is 5.88. The molecule has 32 heavy (non-hydrogen) atoms. The number of hydrogen-bond donors (Lipinski definition) is 1. The molecule has 0 aliphatic carbocycles. The zero-order valence-corrected chi connectivity index (χ0v) is 20.2. The van der Waals surface area contributed by atoms with Gasteiger partial charge in [-0.1, -0.05) is 51.8 Å². The highest BCUT2D eigenvalue weighted by atomic mass is 79.9. The van der Waals surface area contributed by atoms with Crippen molar-refractivity contribution in [3.63, 3.8) is 0 Å². The molecule has 1 N–H and O–H groups in total. The first-order valence-corrected chi connectivity index (χ1v) is 11.7. The van der Waals surface area contributed by atoms with Crippen LogP contribution in [0.5, 0.6) is 11.5 Å². The number of rotatable bonds is 8. The van der Waals surface area contributed by atoms with Crippen molar-refractivity contribution in [1.82, 2.24) is 4.98 Å². The molecule has 0 aliphatic rings. The van der Waals surface area contributed by atoms with Crippen LogP contribution in [0.1, 0.15) is 11.1 Å². The van der Waals surface area contributed by atoms with Crippen LogP contribution >= 0.6 is 38.9 Å². The topological polar surface area (TPSA) is 55.7 Å². The summed E-state index contributed by atoms with van der Waals surface area (Å²) >= 11 is 10.9. The summed E-state index contributed by atoms with van der Waals surface area (Å²) < 4.78 is 12.4. The third-order valence-corrected chi connectivity index (χ3v) is 6.04. The van der Waals surface area contributed by atoms with Crippen molar-refractivity contribution in [2.75, 3.05) is 12.5 Å². The molecule has 162 valence electrons. The number of anilines is 1. The van der Waals surface area contributed by atoms with E-state index in [4.69, 9.17) is 21.1 Å². The molecule has 0 saturated heterocycles. The normalized spacial score (nSPS) is 11.0. The summed E-state index contributed by atoms with van der Waals surface area (Å²) in [5.41, 5.74) is 6.84. The average molecular weight is 529 g/mol. The minimum Gasteiger partial charge on any atom is -0.493 e. The Labute approximate surface area is 203 Å². The minimum atomic E-state index is 0.424.